The lowest BCUT2D eigenvalue weighted by Crippen LogP contribution is -2.25. The average Bonchev–Trinajstić information content (AvgIpc) is 2.90. The van der Waals surface area contributed by atoms with Gasteiger partial charge in [0.15, 0.2) is 0 Å². The topological polar surface area (TPSA) is 98.1 Å². The second-order valence-corrected chi connectivity index (χ2v) is 8.46. The fourth-order valence-corrected chi connectivity index (χ4v) is 3.93. The van der Waals surface area contributed by atoms with Crippen molar-refractivity contribution in [3.63, 3.8) is 0 Å². The van der Waals surface area contributed by atoms with Crippen molar-refractivity contribution in [2.45, 2.75) is 12.8 Å². The monoisotopic (exact) mass is 501 g/mol. The van der Waals surface area contributed by atoms with Gasteiger partial charge in [-0.15, -0.1) is 0 Å². The molecule has 0 aliphatic heterocycles. The predicted molar refractivity (Wildman–Crippen MR) is 142 cm³/mol. The molecule has 2 heterocycles. The van der Waals surface area contributed by atoms with Gasteiger partial charge in [0.05, 0.1) is 11.3 Å². The van der Waals surface area contributed by atoms with E-state index in [4.69, 9.17) is 9.72 Å². The molecule has 0 radical (unpaired) electrons. The maximum atomic E-state index is 13.6. The van der Waals surface area contributed by atoms with Gasteiger partial charge in [-0.25, -0.2) is 9.37 Å². The van der Waals surface area contributed by atoms with Crippen molar-refractivity contribution in [1.29, 1.82) is 0 Å². The number of rotatable bonds is 10. The minimum absolute atomic E-state index is 0.0976. The van der Waals surface area contributed by atoms with Gasteiger partial charge in [0, 0.05) is 32.6 Å². The van der Waals surface area contributed by atoms with Gasteiger partial charge < -0.3 is 15.4 Å². The molecule has 8 nitrogen and oxygen atoms in total. The third-order valence-electron chi connectivity index (χ3n) is 5.75. The number of ether oxygens (including phenoxy) is 1. The van der Waals surface area contributed by atoms with E-state index in [2.05, 4.69) is 27.8 Å². The summed E-state index contributed by atoms with van der Waals surface area (Å²) in [6.45, 7) is 0.505. The summed E-state index contributed by atoms with van der Waals surface area (Å²) in [7, 11) is 3.07. The van der Waals surface area contributed by atoms with Crippen LogP contribution in [0.4, 0.5) is 16.0 Å². The van der Waals surface area contributed by atoms with Crippen LogP contribution in [-0.2, 0) is 23.0 Å². The highest BCUT2D eigenvalue weighted by atomic mass is 19.1. The molecule has 0 unspecified atom stereocenters. The molecule has 0 spiro atoms. The van der Waals surface area contributed by atoms with Crippen LogP contribution >= 0.6 is 0 Å². The number of aryl methyl sites for hydroxylation is 1. The maximum absolute atomic E-state index is 13.6. The Morgan fingerprint density at radius 1 is 1.08 bits per heavy atom. The van der Waals surface area contributed by atoms with Crippen molar-refractivity contribution in [2.75, 3.05) is 30.9 Å². The fourth-order valence-electron chi connectivity index (χ4n) is 3.93. The van der Waals surface area contributed by atoms with Crippen LogP contribution in [0.5, 0.6) is 0 Å². The van der Waals surface area contributed by atoms with Gasteiger partial charge in [-0.1, -0.05) is 42.5 Å². The van der Waals surface area contributed by atoms with E-state index in [1.165, 1.54) is 47.7 Å². The number of aromatic nitrogens is 3. The molecule has 0 aliphatic carbocycles. The molecule has 0 atom stereocenters. The number of hydrogen-bond donors (Lipinski definition) is 2. The molecule has 0 fully saturated rings. The molecule has 2 N–H and O–H groups in total. The Bertz CT molecular complexity index is 1420. The van der Waals surface area contributed by atoms with Crippen molar-refractivity contribution in [3.8, 4) is 22.5 Å². The summed E-state index contributed by atoms with van der Waals surface area (Å²) in [5.74, 6) is -0.349. The number of hydrogen-bond acceptors (Lipinski definition) is 6. The quantitative estimate of drug-likeness (QED) is 0.315. The zero-order valence-corrected chi connectivity index (χ0v) is 20.7. The number of nitrogens with zero attached hydrogens (tertiary/aromatic N) is 3. The van der Waals surface area contributed by atoms with E-state index >= 15 is 0 Å². The highest BCUT2D eigenvalue weighted by Crippen LogP contribution is 2.29. The largest absolute Gasteiger partial charge is 0.375 e. The SMILES string of the molecule is COCC(=O)Nc1ccnc(-c2nc(NCCCc3ccccc3)n(C)c(=O)c2-c2ccc(F)cc2)c1. The van der Waals surface area contributed by atoms with Gasteiger partial charge in [-0.2, -0.15) is 0 Å². The molecule has 2 aromatic carbocycles. The molecule has 0 aliphatic rings. The van der Waals surface area contributed by atoms with Crippen LogP contribution in [-0.4, -0.2) is 40.7 Å². The first-order valence-corrected chi connectivity index (χ1v) is 11.9. The molecule has 37 heavy (non-hydrogen) atoms. The molecule has 190 valence electrons. The number of halogens is 1. The smallest absolute Gasteiger partial charge is 0.263 e. The molecule has 1 amide bonds. The lowest BCUT2D eigenvalue weighted by molar-refractivity contribution is -0.119. The lowest BCUT2D eigenvalue weighted by atomic mass is 10.0. The van der Waals surface area contributed by atoms with Gasteiger partial charge >= 0.3 is 0 Å². The molecule has 9 heteroatoms. The Balaban J connectivity index is 1.69. The summed E-state index contributed by atoms with van der Waals surface area (Å²) in [5.41, 5.74) is 2.91. The second kappa shape index (κ2) is 12.0. The summed E-state index contributed by atoms with van der Waals surface area (Å²) < 4.78 is 19.9. The molecule has 0 saturated heterocycles. The van der Waals surface area contributed by atoms with E-state index in [1.807, 2.05) is 18.2 Å². The normalized spacial score (nSPS) is 10.8. The highest BCUT2D eigenvalue weighted by molar-refractivity contribution is 5.92. The van der Waals surface area contributed by atoms with Crippen molar-refractivity contribution < 1.29 is 13.9 Å². The number of pyridine rings is 1. The molecule has 2 aromatic heterocycles. The summed E-state index contributed by atoms with van der Waals surface area (Å²) in [5, 5.41) is 6.00. The van der Waals surface area contributed by atoms with Crippen molar-refractivity contribution in [2.24, 2.45) is 7.05 Å². The van der Waals surface area contributed by atoms with E-state index in [9.17, 15) is 14.0 Å². The number of carbonyl (C=O) groups is 1. The van der Waals surface area contributed by atoms with Crippen LogP contribution in [0.25, 0.3) is 22.5 Å². The zero-order valence-electron chi connectivity index (χ0n) is 20.7. The first-order chi connectivity index (χ1) is 18.0. The molecule has 0 bridgehead atoms. The number of methoxy groups -OCH3 is 1. The van der Waals surface area contributed by atoms with Crippen LogP contribution in [0.2, 0.25) is 0 Å². The second-order valence-electron chi connectivity index (χ2n) is 8.46. The molecule has 4 rings (SSSR count). The van der Waals surface area contributed by atoms with Crippen LogP contribution < -0.4 is 16.2 Å². The Hall–Kier alpha value is -4.37. The van der Waals surface area contributed by atoms with Gasteiger partial charge in [0.1, 0.15) is 18.1 Å². The van der Waals surface area contributed by atoms with Gasteiger partial charge in [0.2, 0.25) is 11.9 Å². The number of carbonyl (C=O) groups excluding carboxylic acids is 1. The first kappa shape index (κ1) is 25.7. The van der Waals surface area contributed by atoms with E-state index < -0.39 is 5.82 Å². The summed E-state index contributed by atoms with van der Waals surface area (Å²) >= 11 is 0. The van der Waals surface area contributed by atoms with E-state index in [-0.39, 0.29) is 23.6 Å². The van der Waals surface area contributed by atoms with Crippen LogP contribution in [0.1, 0.15) is 12.0 Å². The third-order valence-corrected chi connectivity index (χ3v) is 5.75. The minimum Gasteiger partial charge on any atom is -0.375 e. The first-order valence-electron chi connectivity index (χ1n) is 11.9. The Kier molecular flexibility index (Phi) is 8.37. The van der Waals surface area contributed by atoms with Gasteiger partial charge in [0.25, 0.3) is 5.56 Å². The van der Waals surface area contributed by atoms with Gasteiger partial charge in [-0.05, 0) is 48.2 Å². The molecule has 0 saturated carbocycles. The van der Waals surface area contributed by atoms with E-state index in [1.54, 1.807) is 19.2 Å². The number of anilines is 2. The lowest BCUT2D eigenvalue weighted by Gasteiger charge is -2.16. The van der Waals surface area contributed by atoms with Crippen LogP contribution in [0.15, 0.2) is 77.7 Å². The maximum Gasteiger partial charge on any atom is 0.263 e. The standard InChI is InChI=1S/C28H28FN5O3/c1-34-27(36)25(20-10-12-21(29)13-11-20)26(23-17-22(14-16-30-23)32-24(35)18-37-2)33-28(34)31-15-6-9-19-7-4-3-5-8-19/h3-5,7-8,10-14,16-17H,6,9,15,18H2,1-2H3,(H,31,33)(H,30,32,35). The summed E-state index contributed by atoms with van der Waals surface area (Å²) in [4.78, 5) is 34.7. The van der Waals surface area contributed by atoms with Crippen LogP contribution in [0, 0.1) is 5.82 Å². The molecular formula is C28H28FN5O3. The van der Waals surface area contributed by atoms with Crippen molar-refractivity contribution in [1.82, 2.24) is 14.5 Å². The van der Waals surface area contributed by atoms with Gasteiger partial charge in [-0.3, -0.25) is 19.1 Å². The predicted octanol–water partition coefficient (Wildman–Crippen LogP) is 4.28. The summed E-state index contributed by atoms with van der Waals surface area (Å²) in [6, 6.07) is 19.1. The minimum atomic E-state index is -0.409. The van der Waals surface area contributed by atoms with Crippen LogP contribution in [0.3, 0.4) is 0 Å². The number of benzene rings is 2. The summed E-state index contributed by atoms with van der Waals surface area (Å²) in [6.07, 6.45) is 3.25. The molecule has 4 aromatic rings. The Morgan fingerprint density at radius 3 is 2.57 bits per heavy atom. The number of amides is 1. The third kappa shape index (κ3) is 6.45. The Morgan fingerprint density at radius 2 is 1.84 bits per heavy atom. The van der Waals surface area contributed by atoms with Crippen molar-refractivity contribution in [3.05, 3.63) is 94.7 Å². The average molecular weight is 502 g/mol. The van der Waals surface area contributed by atoms with Crippen molar-refractivity contribution >= 4 is 17.5 Å². The van der Waals surface area contributed by atoms with E-state index in [0.29, 0.717) is 35.1 Å². The van der Waals surface area contributed by atoms with E-state index in [0.717, 1.165) is 12.8 Å². The molecular weight excluding hydrogens is 473 g/mol. The zero-order chi connectivity index (χ0) is 26.2. The number of nitrogens with one attached hydrogen (secondary N) is 2. The Labute approximate surface area is 214 Å². The highest BCUT2D eigenvalue weighted by Gasteiger charge is 2.19. The fraction of sp³-hybridized carbons (Fsp3) is 0.214.